The highest BCUT2D eigenvalue weighted by Gasteiger charge is 2.13. The molecule has 0 atom stereocenters. The average Bonchev–Trinajstić information content (AvgIpc) is 3.23. The van der Waals surface area contributed by atoms with Crippen molar-refractivity contribution in [1.29, 1.82) is 0 Å². The van der Waals surface area contributed by atoms with Gasteiger partial charge in [0.2, 0.25) is 0 Å². The van der Waals surface area contributed by atoms with Crippen LogP contribution >= 0.6 is 0 Å². The first-order chi connectivity index (χ1) is 13.7. The van der Waals surface area contributed by atoms with Gasteiger partial charge in [-0.2, -0.15) is 10.2 Å². The molecule has 1 aromatic heterocycles. The van der Waals surface area contributed by atoms with Crippen LogP contribution < -0.4 is 14.9 Å². The van der Waals surface area contributed by atoms with Crippen LogP contribution in [0.3, 0.4) is 0 Å². The molecule has 7 nitrogen and oxygen atoms in total. The number of rotatable bonds is 8. The van der Waals surface area contributed by atoms with Crippen molar-refractivity contribution < 1.29 is 14.3 Å². The number of hydrogen-bond acceptors (Lipinski definition) is 5. The molecule has 28 heavy (non-hydrogen) atoms. The van der Waals surface area contributed by atoms with E-state index in [1.165, 1.54) is 0 Å². The summed E-state index contributed by atoms with van der Waals surface area (Å²) in [5.74, 6) is 1.12. The third-order valence-electron chi connectivity index (χ3n) is 3.94. The SMILES string of the molecule is CCCOc1ccccc1-c1cc(C(=O)NN=Cc2ccc(OC)cc2)[nH]n1. The van der Waals surface area contributed by atoms with E-state index < -0.39 is 0 Å². The second-order valence-corrected chi connectivity index (χ2v) is 5.98. The fourth-order valence-electron chi connectivity index (χ4n) is 2.51. The quantitative estimate of drug-likeness (QED) is 0.463. The minimum atomic E-state index is -0.379. The van der Waals surface area contributed by atoms with E-state index in [9.17, 15) is 4.79 Å². The van der Waals surface area contributed by atoms with Crippen LogP contribution in [0.4, 0.5) is 0 Å². The van der Waals surface area contributed by atoms with E-state index >= 15 is 0 Å². The minimum Gasteiger partial charge on any atom is -0.497 e. The zero-order chi connectivity index (χ0) is 19.8. The molecule has 0 saturated heterocycles. The van der Waals surface area contributed by atoms with Crippen molar-refractivity contribution in [3.8, 4) is 22.8 Å². The number of H-pyrrole nitrogens is 1. The van der Waals surface area contributed by atoms with Gasteiger partial charge in [-0.3, -0.25) is 9.89 Å². The first-order valence-corrected chi connectivity index (χ1v) is 8.96. The molecule has 0 spiro atoms. The maximum atomic E-state index is 12.3. The lowest BCUT2D eigenvalue weighted by atomic mass is 10.1. The Labute approximate surface area is 163 Å². The molecule has 1 heterocycles. The number of carbonyl (C=O) groups excluding carboxylic acids is 1. The second-order valence-electron chi connectivity index (χ2n) is 5.98. The predicted octanol–water partition coefficient (Wildman–Crippen LogP) is 3.64. The molecule has 1 amide bonds. The molecule has 2 N–H and O–H groups in total. The van der Waals surface area contributed by atoms with Crippen molar-refractivity contribution in [2.24, 2.45) is 5.10 Å². The van der Waals surface area contributed by atoms with Gasteiger partial charge in [-0.05, 0) is 54.4 Å². The maximum absolute atomic E-state index is 12.3. The summed E-state index contributed by atoms with van der Waals surface area (Å²) in [7, 11) is 1.61. The van der Waals surface area contributed by atoms with Gasteiger partial charge in [0.15, 0.2) is 0 Å². The summed E-state index contributed by atoms with van der Waals surface area (Å²) in [5.41, 5.74) is 5.10. The highest BCUT2D eigenvalue weighted by molar-refractivity contribution is 5.94. The minimum absolute atomic E-state index is 0.312. The number of aromatic amines is 1. The van der Waals surface area contributed by atoms with Crippen molar-refractivity contribution in [2.45, 2.75) is 13.3 Å². The Kier molecular flexibility index (Phi) is 6.41. The largest absolute Gasteiger partial charge is 0.497 e. The van der Waals surface area contributed by atoms with Crippen LogP contribution in [0, 0.1) is 0 Å². The Balaban J connectivity index is 1.66. The van der Waals surface area contributed by atoms with Crippen molar-refractivity contribution in [3.63, 3.8) is 0 Å². The number of benzene rings is 2. The first kappa shape index (κ1) is 19.2. The number of aromatic nitrogens is 2. The van der Waals surface area contributed by atoms with Crippen LogP contribution in [0.5, 0.6) is 11.5 Å². The molecule has 0 fully saturated rings. The van der Waals surface area contributed by atoms with Crippen LogP contribution in [0.1, 0.15) is 29.4 Å². The third-order valence-corrected chi connectivity index (χ3v) is 3.94. The number of hydrazone groups is 1. The van der Waals surface area contributed by atoms with Crippen LogP contribution in [0.2, 0.25) is 0 Å². The van der Waals surface area contributed by atoms with Gasteiger partial charge >= 0.3 is 0 Å². The van der Waals surface area contributed by atoms with E-state index in [0.717, 1.165) is 29.0 Å². The van der Waals surface area contributed by atoms with Crippen LogP contribution in [-0.4, -0.2) is 36.0 Å². The molecule has 7 heteroatoms. The number of amides is 1. The van der Waals surface area contributed by atoms with Crippen molar-refractivity contribution >= 4 is 12.1 Å². The number of para-hydroxylation sites is 1. The third kappa shape index (κ3) is 4.76. The lowest BCUT2D eigenvalue weighted by Gasteiger charge is -2.08. The lowest BCUT2D eigenvalue weighted by molar-refractivity contribution is 0.0950. The van der Waals surface area contributed by atoms with E-state index in [-0.39, 0.29) is 5.91 Å². The van der Waals surface area contributed by atoms with Gasteiger partial charge < -0.3 is 9.47 Å². The Morgan fingerprint density at radius 1 is 1.21 bits per heavy atom. The normalized spacial score (nSPS) is 10.8. The molecule has 2 aromatic carbocycles. The summed E-state index contributed by atoms with van der Waals surface area (Å²) in [6.07, 6.45) is 2.47. The zero-order valence-electron chi connectivity index (χ0n) is 15.8. The number of nitrogens with zero attached hydrogens (tertiary/aromatic N) is 2. The molecule has 0 aliphatic heterocycles. The standard InChI is InChI=1S/C21H22N4O3/c1-3-12-28-20-7-5-4-6-17(20)18-13-19(24-23-18)21(26)25-22-14-15-8-10-16(27-2)11-9-15/h4-11,13-14H,3,12H2,1-2H3,(H,23,24)(H,25,26). The summed E-state index contributed by atoms with van der Waals surface area (Å²) in [5, 5.41) is 10.9. The zero-order valence-corrected chi connectivity index (χ0v) is 15.8. The van der Waals surface area contributed by atoms with Gasteiger partial charge in [0.05, 0.1) is 25.6 Å². The molecule has 0 aliphatic rings. The predicted molar refractivity (Wildman–Crippen MR) is 108 cm³/mol. The smallest absolute Gasteiger partial charge is 0.289 e. The van der Waals surface area contributed by atoms with Crippen molar-refractivity contribution in [3.05, 3.63) is 65.9 Å². The molecular weight excluding hydrogens is 356 g/mol. The fourth-order valence-corrected chi connectivity index (χ4v) is 2.51. The summed E-state index contributed by atoms with van der Waals surface area (Å²) < 4.78 is 10.9. The topological polar surface area (TPSA) is 88.6 Å². The fraction of sp³-hybridized carbons (Fsp3) is 0.190. The van der Waals surface area contributed by atoms with Gasteiger partial charge in [0.25, 0.3) is 5.91 Å². The molecule has 0 radical (unpaired) electrons. The van der Waals surface area contributed by atoms with Gasteiger partial charge in [-0.1, -0.05) is 19.1 Å². The molecular formula is C21H22N4O3. The van der Waals surface area contributed by atoms with Gasteiger partial charge in [0.1, 0.15) is 17.2 Å². The molecule has 0 saturated carbocycles. The molecule has 3 aromatic rings. The maximum Gasteiger partial charge on any atom is 0.289 e. The van der Waals surface area contributed by atoms with Gasteiger partial charge in [-0.15, -0.1) is 0 Å². The Morgan fingerprint density at radius 2 is 2.00 bits per heavy atom. The van der Waals surface area contributed by atoms with Crippen LogP contribution in [-0.2, 0) is 0 Å². The van der Waals surface area contributed by atoms with Gasteiger partial charge in [0, 0.05) is 5.56 Å². The molecule has 0 bridgehead atoms. The van der Waals surface area contributed by atoms with E-state index in [2.05, 4.69) is 20.7 Å². The van der Waals surface area contributed by atoms with E-state index in [1.807, 2.05) is 55.5 Å². The number of hydrogen-bond donors (Lipinski definition) is 2. The Bertz CT molecular complexity index is 948. The lowest BCUT2D eigenvalue weighted by Crippen LogP contribution is -2.17. The van der Waals surface area contributed by atoms with E-state index in [0.29, 0.717) is 18.0 Å². The van der Waals surface area contributed by atoms with E-state index in [1.54, 1.807) is 19.4 Å². The summed E-state index contributed by atoms with van der Waals surface area (Å²) >= 11 is 0. The van der Waals surface area contributed by atoms with Crippen molar-refractivity contribution in [1.82, 2.24) is 15.6 Å². The van der Waals surface area contributed by atoms with Crippen molar-refractivity contribution in [2.75, 3.05) is 13.7 Å². The van der Waals surface area contributed by atoms with Gasteiger partial charge in [-0.25, -0.2) is 5.43 Å². The van der Waals surface area contributed by atoms with E-state index in [4.69, 9.17) is 9.47 Å². The Morgan fingerprint density at radius 3 is 2.75 bits per heavy atom. The monoisotopic (exact) mass is 378 g/mol. The van der Waals surface area contributed by atoms with Crippen LogP contribution in [0.25, 0.3) is 11.3 Å². The highest BCUT2D eigenvalue weighted by Crippen LogP contribution is 2.28. The van der Waals surface area contributed by atoms with Crippen LogP contribution in [0.15, 0.2) is 59.7 Å². The molecule has 144 valence electrons. The summed E-state index contributed by atoms with van der Waals surface area (Å²) in [6, 6.07) is 16.6. The summed E-state index contributed by atoms with van der Waals surface area (Å²) in [6.45, 7) is 2.67. The highest BCUT2D eigenvalue weighted by atomic mass is 16.5. The molecule has 3 rings (SSSR count). The number of methoxy groups -OCH3 is 1. The number of nitrogens with one attached hydrogen (secondary N) is 2. The number of carbonyl (C=O) groups is 1. The Hall–Kier alpha value is -3.61. The second kappa shape index (κ2) is 9.36. The first-order valence-electron chi connectivity index (χ1n) is 8.96. The molecule has 0 unspecified atom stereocenters. The summed E-state index contributed by atoms with van der Waals surface area (Å²) in [4.78, 5) is 12.3. The number of ether oxygens (including phenoxy) is 2. The molecule has 0 aliphatic carbocycles. The average molecular weight is 378 g/mol.